The second-order valence-electron chi connectivity index (χ2n) is 5.29. The quantitative estimate of drug-likeness (QED) is 0.642. The van der Waals surface area contributed by atoms with E-state index in [0.717, 1.165) is 16.0 Å². The highest BCUT2D eigenvalue weighted by molar-refractivity contribution is 7.19. The molecule has 3 nitrogen and oxygen atoms in total. The van der Waals surface area contributed by atoms with Crippen LogP contribution in [0.3, 0.4) is 0 Å². The van der Waals surface area contributed by atoms with E-state index in [9.17, 15) is 0 Å². The number of hydrogen-bond donors (Lipinski definition) is 0. The van der Waals surface area contributed by atoms with Crippen molar-refractivity contribution in [3.63, 3.8) is 0 Å². The molecule has 0 atom stereocenters. The van der Waals surface area contributed by atoms with Gasteiger partial charge in [0.15, 0.2) is 0 Å². The molecule has 0 saturated carbocycles. The standard InChI is InChI=1S/C16H16ClN3S/c1-9-5-7-11(8-6-9)12-10(2)21-15-13(12)14(20(3)4)18-16(17)19-15/h5-8H,1-4H3. The monoisotopic (exact) mass is 317 g/mol. The van der Waals surface area contributed by atoms with Gasteiger partial charge in [0.2, 0.25) is 5.28 Å². The van der Waals surface area contributed by atoms with Crippen LogP contribution in [0.2, 0.25) is 5.28 Å². The van der Waals surface area contributed by atoms with E-state index in [-0.39, 0.29) is 0 Å². The molecule has 3 aromatic rings. The molecule has 0 spiro atoms. The third-order valence-corrected chi connectivity index (χ3v) is 4.61. The van der Waals surface area contributed by atoms with Crippen LogP contribution in [0.5, 0.6) is 0 Å². The van der Waals surface area contributed by atoms with Crippen LogP contribution in [0.4, 0.5) is 5.82 Å². The van der Waals surface area contributed by atoms with Crippen LogP contribution in [0, 0.1) is 13.8 Å². The number of nitrogens with zero attached hydrogens (tertiary/aromatic N) is 3. The van der Waals surface area contributed by atoms with Crippen LogP contribution in [0.25, 0.3) is 21.3 Å². The topological polar surface area (TPSA) is 29.0 Å². The van der Waals surface area contributed by atoms with Gasteiger partial charge < -0.3 is 4.90 Å². The molecule has 0 amide bonds. The Morgan fingerprint density at radius 1 is 1.05 bits per heavy atom. The average molecular weight is 318 g/mol. The highest BCUT2D eigenvalue weighted by Gasteiger charge is 2.18. The van der Waals surface area contributed by atoms with Gasteiger partial charge in [0.25, 0.3) is 0 Å². The normalized spacial score (nSPS) is 11.1. The van der Waals surface area contributed by atoms with Crippen LogP contribution in [0.15, 0.2) is 24.3 Å². The van der Waals surface area contributed by atoms with Crippen molar-refractivity contribution in [2.75, 3.05) is 19.0 Å². The third-order valence-electron chi connectivity index (χ3n) is 3.45. The number of benzene rings is 1. The van der Waals surface area contributed by atoms with Gasteiger partial charge >= 0.3 is 0 Å². The lowest BCUT2D eigenvalue weighted by Crippen LogP contribution is -2.11. The molecule has 0 N–H and O–H groups in total. The van der Waals surface area contributed by atoms with Gasteiger partial charge in [-0.05, 0) is 31.0 Å². The van der Waals surface area contributed by atoms with E-state index in [4.69, 9.17) is 11.6 Å². The molecule has 2 aromatic heterocycles. The van der Waals surface area contributed by atoms with E-state index in [1.165, 1.54) is 21.6 Å². The van der Waals surface area contributed by atoms with Crippen LogP contribution < -0.4 is 4.90 Å². The van der Waals surface area contributed by atoms with Crippen molar-refractivity contribution in [2.45, 2.75) is 13.8 Å². The van der Waals surface area contributed by atoms with Gasteiger partial charge in [-0.1, -0.05) is 29.8 Å². The van der Waals surface area contributed by atoms with E-state index < -0.39 is 0 Å². The molecule has 0 unspecified atom stereocenters. The molecule has 108 valence electrons. The Morgan fingerprint density at radius 3 is 2.33 bits per heavy atom. The second-order valence-corrected chi connectivity index (χ2v) is 6.83. The van der Waals surface area contributed by atoms with Crippen molar-refractivity contribution in [1.29, 1.82) is 0 Å². The van der Waals surface area contributed by atoms with Crippen molar-refractivity contribution < 1.29 is 0 Å². The minimum Gasteiger partial charge on any atom is -0.362 e. The predicted molar refractivity (Wildman–Crippen MR) is 91.7 cm³/mol. The molecule has 2 heterocycles. The maximum atomic E-state index is 6.05. The first-order valence-corrected chi connectivity index (χ1v) is 7.88. The van der Waals surface area contributed by atoms with Crippen LogP contribution in [-0.4, -0.2) is 24.1 Å². The van der Waals surface area contributed by atoms with Gasteiger partial charge in [-0.25, -0.2) is 4.98 Å². The third kappa shape index (κ3) is 2.49. The summed E-state index contributed by atoms with van der Waals surface area (Å²) in [5, 5.41) is 1.37. The van der Waals surface area contributed by atoms with Crippen molar-refractivity contribution in [3.05, 3.63) is 40.0 Å². The lowest BCUT2D eigenvalue weighted by Gasteiger charge is -2.14. The number of thiophene rings is 1. The fourth-order valence-electron chi connectivity index (χ4n) is 2.46. The fraction of sp³-hybridized carbons (Fsp3) is 0.250. The van der Waals surface area contributed by atoms with Crippen molar-refractivity contribution in [3.8, 4) is 11.1 Å². The Kier molecular flexibility index (Phi) is 3.59. The summed E-state index contributed by atoms with van der Waals surface area (Å²) in [6.45, 7) is 4.21. The Morgan fingerprint density at radius 2 is 1.71 bits per heavy atom. The minimum atomic E-state index is 0.294. The van der Waals surface area contributed by atoms with E-state index in [0.29, 0.717) is 5.28 Å². The molecule has 0 aliphatic rings. The SMILES string of the molecule is Cc1ccc(-c2c(C)sc3nc(Cl)nc(N(C)C)c23)cc1. The highest BCUT2D eigenvalue weighted by atomic mass is 35.5. The van der Waals surface area contributed by atoms with Gasteiger partial charge in [-0.2, -0.15) is 4.98 Å². The van der Waals surface area contributed by atoms with Crippen LogP contribution in [0.1, 0.15) is 10.4 Å². The number of anilines is 1. The molecule has 0 saturated heterocycles. The van der Waals surface area contributed by atoms with Gasteiger partial charge in [0.05, 0.1) is 5.39 Å². The maximum absolute atomic E-state index is 6.05. The molecule has 5 heteroatoms. The number of hydrogen-bond acceptors (Lipinski definition) is 4. The van der Waals surface area contributed by atoms with Crippen LogP contribution >= 0.6 is 22.9 Å². The lowest BCUT2D eigenvalue weighted by molar-refractivity contribution is 1.06. The van der Waals surface area contributed by atoms with Crippen LogP contribution in [-0.2, 0) is 0 Å². The Hall–Kier alpha value is -1.65. The molecular formula is C16H16ClN3S. The molecule has 0 radical (unpaired) electrons. The summed E-state index contributed by atoms with van der Waals surface area (Å²) in [5.41, 5.74) is 3.65. The fourth-order valence-corrected chi connectivity index (χ4v) is 3.71. The largest absolute Gasteiger partial charge is 0.362 e. The maximum Gasteiger partial charge on any atom is 0.225 e. The average Bonchev–Trinajstić information content (AvgIpc) is 2.74. The number of aromatic nitrogens is 2. The summed E-state index contributed by atoms with van der Waals surface area (Å²) >= 11 is 7.72. The first kappa shape index (κ1) is 14.3. The first-order valence-electron chi connectivity index (χ1n) is 6.68. The summed E-state index contributed by atoms with van der Waals surface area (Å²) in [5.74, 6) is 0.866. The molecule has 0 aliphatic carbocycles. The second kappa shape index (κ2) is 5.28. The summed E-state index contributed by atoms with van der Waals surface area (Å²) in [6, 6.07) is 8.56. The van der Waals surface area contributed by atoms with Crippen molar-refractivity contribution in [1.82, 2.24) is 9.97 Å². The Labute approximate surface area is 133 Å². The van der Waals surface area contributed by atoms with E-state index >= 15 is 0 Å². The van der Waals surface area contributed by atoms with Gasteiger partial charge in [0, 0.05) is 24.5 Å². The van der Waals surface area contributed by atoms with Crippen molar-refractivity contribution >= 4 is 39.0 Å². The summed E-state index contributed by atoms with van der Waals surface area (Å²) < 4.78 is 0. The molecular weight excluding hydrogens is 302 g/mol. The number of fused-ring (bicyclic) bond motifs is 1. The molecule has 3 rings (SSSR count). The zero-order valence-corrected chi connectivity index (χ0v) is 14.0. The van der Waals surface area contributed by atoms with Gasteiger partial charge in [0.1, 0.15) is 10.6 Å². The van der Waals surface area contributed by atoms with E-state index in [1.54, 1.807) is 11.3 Å². The molecule has 0 aliphatic heterocycles. The molecule has 0 bridgehead atoms. The van der Waals surface area contributed by atoms with E-state index in [1.807, 2.05) is 19.0 Å². The van der Waals surface area contributed by atoms with Crippen molar-refractivity contribution in [2.24, 2.45) is 0 Å². The molecule has 0 fully saturated rings. The lowest BCUT2D eigenvalue weighted by atomic mass is 10.0. The number of aryl methyl sites for hydroxylation is 2. The molecule has 1 aromatic carbocycles. The van der Waals surface area contributed by atoms with Gasteiger partial charge in [-0.3, -0.25) is 0 Å². The van der Waals surface area contributed by atoms with E-state index in [2.05, 4.69) is 48.1 Å². The Balaban J connectivity index is 2.37. The molecule has 21 heavy (non-hydrogen) atoms. The van der Waals surface area contributed by atoms with Gasteiger partial charge in [-0.15, -0.1) is 11.3 Å². The number of rotatable bonds is 2. The predicted octanol–water partition coefficient (Wildman–Crippen LogP) is 4.69. The summed E-state index contributed by atoms with van der Waals surface area (Å²) in [4.78, 5) is 12.9. The first-order chi connectivity index (χ1) is 9.97. The number of halogens is 1. The summed E-state index contributed by atoms with van der Waals surface area (Å²) in [6.07, 6.45) is 0. The summed E-state index contributed by atoms with van der Waals surface area (Å²) in [7, 11) is 3.95. The smallest absolute Gasteiger partial charge is 0.225 e. The Bertz CT molecular complexity index is 806. The highest BCUT2D eigenvalue weighted by Crippen LogP contribution is 2.41. The minimum absolute atomic E-state index is 0.294. The zero-order chi connectivity index (χ0) is 15.1. The zero-order valence-electron chi connectivity index (χ0n) is 12.4.